The molecule has 0 amide bonds. The van der Waals surface area contributed by atoms with Gasteiger partial charge in [0.15, 0.2) is 11.5 Å². The van der Waals surface area contributed by atoms with Crippen LogP contribution in [0.4, 0.5) is 13.2 Å². The summed E-state index contributed by atoms with van der Waals surface area (Å²) < 4.78 is 53.3. The fraction of sp³-hybridized carbons (Fsp3) is 0.222. The number of aliphatic hydroxyl groups is 1. The minimum Gasteiger partial charge on any atom is -0.466 e. The van der Waals surface area contributed by atoms with E-state index in [-0.39, 0.29) is 23.3 Å². The van der Waals surface area contributed by atoms with Crippen LogP contribution in [0.1, 0.15) is 39.1 Å². The van der Waals surface area contributed by atoms with Gasteiger partial charge in [-0.15, -0.1) is 0 Å². The molecule has 0 spiro atoms. The Morgan fingerprint density at radius 1 is 0.972 bits per heavy atom. The summed E-state index contributed by atoms with van der Waals surface area (Å²) >= 11 is 0. The molecule has 36 heavy (non-hydrogen) atoms. The Morgan fingerprint density at radius 2 is 1.58 bits per heavy atom. The van der Waals surface area contributed by atoms with Gasteiger partial charge in [0.25, 0.3) is 0 Å². The van der Waals surface area contributed by atoms with Crippen LogP contribution in [0.25, 0.3) is 10.8 Å². The standard InChI is InChI=1S/C27H19F3O6/c1-2-35-25(33)21-19(16-13-7-9-14-8-3-4-10-15(14)16)20-22(31)17-11-5-6-12-18(17)23(32)24(20)36-26(21,34)27(28,29)30/h3-13,19,21,34H,2H2,1H3/t19-,21-,26+/m0/s1. The summed E-state index contributed by atoms with van der Waals surface area (Å²) in [6.07, 6.45) is -5.52. The van der Waals surface area contributed by atoms with Crippen molar-refractivity contribution in [1.82, 2.24) is 0 Å². The zero-order chi connectivity index (χ0) is 25.8. The molecule has 0 bridgehead atoms. The first kappa shape index (κ1) is 23.7. The van der Waals surface area contributed by atoms with E-state index in [1.165, 1.54) is 37.3 Å². The summed E-state index contributed by atoms with van der Waals surface area (Å²) in [4.78, 5) is 40.1. The molecule has 1 aliphatic heterocycles. The van der Waals surface area contributed by atoms with E-state index < -0.39 is 52.7 Å². The van der Waals surface area contributed by atoms with E-state index in [4.69, 9.17) is 9.47 Å². The Bertz CT molecular complexity index is 1450. The summed E-state index contributed by atoms with van der Waals surface area (Å²) in [5, 5.41) is 12.1. The van der Waals surface area contributed by atoms with Crippen LogP contribution in [0.15, 0.2) is 78.1 Å². The lowest BCUT2D eigenvalue weighted by atomic mass is 9.68. The Balaban J connectivity index is 1.88. The van der Waals surface area contributed by atoms with Crippen molar-refractivity contribution in [3.8, 4) is 0 Å². The number of carbonyl (C=O) groups excluding carboxylic acids is 3. The van der Waals surface area contributed by atoms with Gasteiger partial charge in [-0.2, -0.15) is 13.2 Å². The van der Waals surface area contributed by atoms with Gasteiger partial charge >= 0.3 is 17.9 Å². The molecule has 1 aliphatic carbocycles. The number of allylic oxidation sites excluding steroid dienone is 2. The highest BCUT2D eigenvalue weighted by Crippen LogP contribution is 2.55. The van der Waals surface area contributed by atoms with E-state index in [0.29, 0.717) is 10.8 Å². The molecule has 0 fully saturated rings. The molecule has 6 nitrogen and oxygen atoms in total. The largest absolute Gasteiger partial charge is 0.466 e. The van der Waals surface area contributed by atoms with Crippen molar-refractivity contribution >= 4 is 28.3 Å². The third kappa shape index (κ3) is 3.34. The first-order chi connectivity index (χ1) is 17.1. The molecule has 2 aliphatic rings. The zero-order valence-corrected chi connectivity index (χ0v) is 18.8. The van der Waals surface area contributed by atoms with Gasteiger partial charge in [-0.1, -0.05) is 66.7 Å². The number of ether oxygens (including phenoxy) is 2. The summed E-state index contributed by atoms with van der Waals surface area (Å²) in [5.74, 6) is -12.4. The number of rotatable bonds is 3. The number of halogens is 3. The van der Waals surface area contributed by atoms with Crippen molar-refractivity contribution in [3.05, 3.63) is 94.8 Å². The van der Waals surface area contributed by atoms with E-state index in [9.17, 15) is 32.7 Å². The van der Waals surface area contributed by atoms with Gasteiger partial charge in [-0.05, 0) is 23.3 Å². The number of hydrogen-bond donors (Lipinski definition) is 1. The fourth-order valence-electron chi connectivity index (χ4n) is 4.99. The fourth-order valence-corrected chi connectivity index (χ4v) is 4.99. The molecule has 1 heterocycles. The maximum absolute atomic E-state index is 14.5. The zero-order valence-electron chi connectivity index (χ0n) is 18.8. The smallest absolute Gasteiger partial charge is 0.456 e. The van der Waals surface area contributed by atoms with E-state index >= 15 is 0 Å². The van der Waals surface area contributed by atoms with Crippen molar-refractivity contribution in [2.24, 2.45) is 5.92 Å². The first-order valence-corrected chi connectivity index (χ1v) is 11.1. The van der Waals surface area contributed by atoms with Gasteiger partial charge in [-0.3, -0.25) is 14.4 Å². The number of esters is 1. The molecule has 9 heteroatoms. The topological polar surface area (TPSA) is 89.9 Å². The summed E-state index contributed by atoms with van der Waals surface area (Å²) in [5.41, 5.74) is -0.473. The van der Waals surface area contributed by atoms with Crippen LogP contribution in [0.5, 0.6) is 0 Å². The minimum absolute atomic E-state index is 0.0323. The van der Waals surface area contributed by atoms with Crippen LogP contribution in [-0.2, 0) is 14.3 Å². The minimum atomic E-state index is -5.52. The van der Waals surface area contributed by atoms with Crippen LogP contribution in [0.2, 0.25) is 0 Å². The van der Waals surface area contributed by atoms with Gasteiger partial charge in [0.2, 0.25) is 5.78 Å². The lowest BCUT2D eigenvalue weighted by Crippen LogP contribution is -2.61. The number of benzene rings is 3. The molecule has 1 N–H and O–H groups in total. The molecule has 3 aromatic rings. The molecule has 0 unspecified atom stereocenters. The highest BCUT2D eigenvalue weighted by molar-refractivity contribution is 6.27. The number of carbonyl (C=O) groups is 3. The number of alkyl halides is 3. The molecule has 0 saturated heterocycles. The van der Waals surface area contributed by atoms with Crippen molar-refractivity contribution in [1.29, 1.82) is 0 Å². The summed E-state index contributed by atoms with van der Waals surface area (Å²) in [7, 11) is 0. The van der Waals surface area contributed by atoms with Gasteiger partial charge in [0.05, 0.1) is 12.2 Å². The van der Waals surface area contributed by atoms with E-state index in [1.807, 2.05) is 0 Å². The third-order valence-electron chi connectivity index (χ3n) is 6.54. The van der Waals surface area contributed by atoms with E-state index in [0.717, 1.165) is 0 Å². The average Bonchev–Trinajstić information content (AvgIpc) is 2.85. The van der Waals surface area contributed by atoms with Gasteiger partial charge in [0, 0.05) is 17.0 Å². The monoisotopic (exact) mass is 496 g/mol. The number of fused-ring (bicyclic) bond motifs is 2. The second-order valence-electron chi connectivity index (χ2n) is 8.52. The molecule has 0 radical (unpaired) electrons. The number of hydrogen-bond acceptors (Lipinski definition) is 6. The highest BCUT2D eigenvalue weighted by Gasteiger charge is 2.70. The van der Waals surface area contributed by atoms with E-state index in [2.05, 4.69) is 0 Å². The molecule has 184 valence electrons. The second-order valence-corrected chi connectivity index (χ2v) is 8.52. The lowest BCUT2D eigenvalue weighted by Gasteiger charge is -2.45. The third-order valence-corrected chi connectivity index (χ3v) is 6.54. The van der Waals surface area contributed by atoms with Gasteiger partial charge in [-0.25, -0.2) is 0 Å². The molecule has 3 atom stereocenters. The Kier molecular flexibility index (Phi) is 5.48. The maximum atomic E-state index is 14.5. The van der Waals surface area contributed by atoms with Crippen molar-refractivity contribution in [2.75, 3.05) is 6.61 Å². The average molecular weight is 496 g/mol. The molecular formula is C27H19F3O6. The van der Waals surface area contributed by atoms with Crippen LogP contribution in [0, 0.1) is 5.92 Å². The molecule has 0 saturated carbocycles. The van der Waals surface area contributed by atoms with Crippen LogP contribution >= 0.6 is 0 Å². The van der Waals surface area contributed by atoms with Crippen LogP contribution in [-0.4, -0.2) is 41.2 Å². The van der Waals surface area contributed by atoms with Gasteiger partial charge in [0.1, 0.15) is 5.92 Å². The summed E-state index contributed by atoms with van der Waals surface area (Å²) in [6.45, 7) is 1.12. The van der Waals surface area contributed by atoms with Crippen molar-refractivity contribution in [3.63, 3.8) is 0 Å². The lowest BCUT2D eigenvalue weighted by molar-refractivity contribution is -0.375. The molecule has 3 aromatic carbocycles. The SMILES string of the molecule is CCOC(=O)[C@@H]1[C@@H](c2cccc3ccccc23)C2=C(O[C@@]1(O)C(F)(F)F)C(=O)c1ccccc1C2=O. The van der Waals surface area contributed by atoms with E-state index in [1.54, 1.807) is 36.4 Å². The van der Waals surface area contributed by atoms with Crippen LogP contribution < -0.4 is 0 Å². The normalized spacial score (nSPS) is 23.7. The Morgan fingerprint density at radius 3 is 2.25 bits per heavy atom. The van der Waals surface area contributed by atoms with Gasteiger partial charge < -0.3 is 14.6 Å². The number of Topliss-reactive ketones (excluding diaryl/α,β-unsaturated/α-hetero) is 2. The highest BCUT2D eigenvalue weighted by atomic mass is 19.4. The van der Waals surface area contributed by atoms with Crippen LogP contribution in [0.3, 0.4) is 0 Å². The quantitative estimate of drug-likeness (QED) is 0.528. The van der Waals surface area contributed by atoms with Crippen molar-refractivity contribution in [2.45, 2.75) is 24.8 Å². The first-order valence-electron chi connectivity index (χ1n) is 11.1. The maximum Gasteiger partial charge on any atom is 0.456 e. The second kappa shape index (κ2) is 8.30. The predicted octanol–water partition coefficient (Wildman–Crippen LogP) is 4.72. The van der Waals surface area contributed by atoms with Crippen molar-refractivity contribution < 1.29 is 42.1 Å². The predicted molar refractivity (Wildman–Crippen MR) is 121 cm³/mol. The number of ketones is 2. The molecule has 0 aromatic heterocycles. The summed E-state index contributed by atoms with van der Waals surface area (Å²) in [6, 6.07) is 17.1. The molecule has 5 rings (SSSR count). The Labute approximate surface area is 202 Å². The molecular weight excluding hydrogens is 477 g/mol. The Hall–Kier alpha value is -3.98.